The molecule has 92 valence electrons. The maximum atomic E-state index is 10.9. The first-order valence-corrected chi connectivity index (χ1v) is 4.97. The Morgan fingerprint density at radius 1 is 1.41 bits per heavy atom. The van der Waals surface area contributed by atoms with E-state index in [1.807, 2.05) is 0 Å². The molecule has 3 N–H and O–H groups in total. The standard InChI is InChI=1S/C11H13NO5/c1-11(17,10(15)16)5-4-8-7(9(13)14)3-2-6-12-8/h2-3,6,17H,4-5H2,1H3,(H,13,14)(H,15,16). The summed E-state index contributed by atoms with van der Waals surface area (Å²) >= 11 is 0. The van der Waals surface area contributed by atoms with Crippen molar-refractivity contribution >= 4 is 11.9 Å². The Bertz CT molecular complexity index is 441. The highest BCUT2D eigenvalue weighted by molar-refractivity contribution is 5.88. The number of carbonyl (C=O) groups is 2. The van der Waals surface area contributed by atoms with Gasteiger partial charge in [0.15, 0.2) is 5.60 Å². The van der Waals surface area contributed by atoms with Crippen LogP contribution in [0.4, 0.5) is 0 Å². The Hall–Kier alpha value is -1.95. The molecule has 0 amide bonds. The van der Waals surface area contributed by atoms with Gasteiger partial charge in [0.1, 0.15) is 0 Å². The van der Waals surface area contributed by atoms with Crippen molar-refractivity contribution in [2.24, 2.45) is 0 Å². The molecule has 1 heterocycles. The summed E-state index contributed by atoms with van der Waals surface area (Å²) in [6.45, 7) is 1.17. The lowest BCUT2D eigenvalue weighted by atomic mass is 9.97. The number of aliphatic hydroxyl groups is 1. The van der Waals surface area contributed by atoms with Crippen molar-refractivity contribution in [1.82, 2.24) is 4.98 Å². The van der Waals surface area contributed by atoms with E-state index >= 15 is 0 Å². The van der Waals surface area contributed by atoms with Crippen molar-refractivity contribution < 1.29 is 24.9 Å². The third kappa shape index (κ3) is 3.25. The summed E-state index contributed by atoms with van der Waals surface area (Å²) in [5, 5.41) is 27.1. The second-order valence-electron chi connectivity index (χ2n) is 3.88. The van der Waals surface area contributed by atoms with Crippen molar-refractivity contribution in [3.05, 3.63) is 29.6 Å². The molecule has 17 heavy (non-hydrogen) atoms. The molecule has 1 aromatic heterocycles. The van der Waals surface area contributed by atoms with Crippen LogP contribution in [0.15, 0.2) is 18.3 Å². The minimum Gasteiger partial charge on any atom is -0.479 e. The molecule has 6 heteroatoms. The fourth-order valence-electron chi connectivity index (χ4n) is 1.30. The van der Waals surface area contributed by atoms with Crippen molar-refractivity contribution in [2.45, 2.75) is 25.4 Å². The van der Waals surface area contributed by atoms with Crippen molar-refractivity contribution in [1.29, 1.82) is 0 Å². The van der Waals surface area contributed by atoms with Crippen LogP contribution >= 0.6 is 0 Å². The minimum atomic E-state index is -1.88. The molecule has 0 spiro atoms. The van der Waals surface area contributed by atoms with E-state index in [0.717, 1.165) is 0 Å². The van der Waals surface area contributed by atoms with E-state index in [2.05, 4.69) is 4.98 Å². The predicted molar refractivity (Wildman–Crippen MR) is 57.8 cm³/mol. The molecule has 0 bridgehead atoms. The van der Waals surface area contributed by atoms with Crippen LogP contribution in [0.5, 0.6) is 0 Å². The molecule has 0 radical (unpaired) electrons. The van der Waals surface area contributed by atoms with E-state index < -0.39 is 17.5 Å². The van der Waals surface area contributed by atoms with Crippen LogP contribution in [-0.4, -0.2) is 37.8 Å². The van der Waals surface area contributed by atoms with E-state index in [9.17, 15) is 14.7 Å². The van der Waals surface area contributed by atoms with E-state index in [0.29, 0.717) is 0 Å². The molecule has 6 nitrogen and oxygen atoms in total. The summed E-state index contributed by atoms with van der Waals surface area (Å²) in [6, 6.07) is 2.88. The highest BCUT2D eigenvalue weighted by atomic mass is 16.4. The quantitative estimate of drug-likeness (QED) is 0.692. The van der Waals surface area contributed by atoms with Gasteiger partial charge in [-0.15, -0.1) is 0 Å². The number of aryl methyl sites for hydroxylation is 1. The van der Waals surface area contributed by atoms with Gasteiger partial charge in [0, 0.05) is 6.20 Å². The third-order valence-electron chi connectivity index (χ3n) is 2.43. The van der Waals surface area contributed by atoms with Gasteiger partial charge in [0.05, 0.1) is 11.3 Å². The summed E-state index contributed by atoms with van der Waals surface area (Å²) in [5.74, 6) is -2.46. The van der Waals surface area contributed by atoms with E-state index in [1.165, 1.54) is 25.3 Å². The van der Waals surface area contributed by atoms with Crippen LogP contribution in [0.1, 0.15) is 29.4 Å². The molecule has 0 fully saturated rings. The fraction of sp³-hybridized carbons (Fsp3) is 0.364. The zero-order chi connectivity index (χ0) is 13.1. The summed E-state index contributed by atoms with van der Waals surface area (Å²) in [7, 11) is 0. The largest absolute Gasteiger partial charge is 0.479 e. The Morgan fingerprint density at radius 2 is 2.06 bits per heavy atom. The zero-order valence-electron chi connectivity index (χ0n) is 9.25. The number of pyridine rings is 1. The average molecular weight is 239 g/mol. The first-order chi connectivity index (χ1) is 7.84. The van der Waals surface area contributed by atoms with E-state index in [4.69, 9.17) is 10.2 Å². The van der Waals surface area contributed by atoms with E-state index in [1.54, 1.807) is 0 Å². The molecule has 0 saturated heterocycles. The molecule has 1 aromatic rings. The number of aromatic nitrogens is 1. The fourth-order valence-corrected chi connectivity index (χ4v) is 1.30. The maximum absolute atomic E-state index is 10.9. The number of carboxylic acids is 2. The summed E-state index contributed by atoms with van der Waals surface area (Å²) in [5.41, 5.74) is -1.59. The van der Waals surface area contributed by atoms with Gasteiger partial charge in [-0.2, -0.15) is 0 Å². The molecule has 0 aliphatic carbocycles. The van der Waals surface area contributed by atoms with Crippen LogP contribution in [-0.2, 0) is 11.2 Å². The Labute approximate surface area is 97.5 Å². The van der Waals surface area contributed by atoms with Gasteiger partial charge < -0.3 is 15.3 Å². The molecule has 1 atom stereocenters. The molecule has 1 unspecified atom stereocenters. The Kier molecular flexibility index (Phi) is 3.80. The first-order valence-electron chi connectivity index (χ1n) is 4.97. The van der Waals surface area contributed by atoms with Crippen molar-refractivity contribution in [2.75, 3.05) is 0 Å². The second kappa shape index (κ2) is 4.92. The molecule has 0 saturated carbocycles. The summed E-state index contributed by atoms with van der Waals surface area (Å²) in [4.78, 5) is 25.4. The predicted octanol–water partition coefficient (Wildman–Crippen LogP) is 0.548. The van der Waals surface area contributed by atoms with Gasteiger partial charge in [-0.3, -0.25) is 4.98 Å². The smallest absolute Gasteiger partial charge is 0.337 e. The zero-order valence-corrected chi connectivity index (χ0v) is 9.25. The number of hydrogen-bond acceptors (Lipinski definition) is 4. The highest BCUT2D eigenvalue weighted by Crippen LogP contribution is 2.15. The van der Waals surface area contributed by atoms with Crippen LogP contribution in [0.3, 0.4) is 0 Å². The van der Waals surface area contributed by atoms with Crippen LogP contribution < -0.4 is 0 Å². The Balaban J connectivity index is 2.83. The third-order valence-corrected chi connectivity index (χ3v) is 2.43. The molecular formula is C11H13NO5. The van der Waals surface area contributed by atoms with Gasteiger partial charge >= 0.3 is 11.9 Å². The van der Waals surface area contributed by atoms with Crippen molar-refractivity contribution in [3.63, 3.8) is 0 Å². The number of nitrogens with zero attached hydrogens (tertiary/aromatic N) is 1. The summed E-state index contributed by atoms with van der Waals surface area (Å²) < 4.78 is 0. The van der Waals surface area contributed by atoms with Gasteiger partial charge in [0.25, 0.3) is 0 Å². The minimum absolute atomic E-state index is 0.0219. The lowest BCUT2D eigenvalue weighted by Crippen LogP contribution is -2.35. The van der Waals surface area contributed by atoms with Gasteiger partial charge in [0.2, 0.25) is 0 Å². The summed E-state index contributed by atoms with van der Waals surface area (Å²) in [6.07, 6.45) is 1.42. The molecular weight excluding hydrogens is 226 g/mol. The number of rotatable bonds is 5. The van der Waals surface area contributed by atoms with Crippen molar-refractivity contribution in [3.8, 4) is 0 Å². The van der Waals surface area contributed by atoms with Crippen LogP contribution in [0.2, 0.25) is 0 Å². The maximum Gasteiger partial charge on any atom is 0.337 e. The van der Waals surface area contributed by atoms with Gasteiger partial charge in [-0.25, -0.2) is 9.59 Å². The topological polar surface area (TPSA) is 108 Å². The number of aliphatic carboxylic acids is 1. The van der Waals surface area contributed by atoms with Gasteiger partial charge in [-0.05, 0) is 31.9 Å². The second-order valence-corrected chi connectivity index (χ2v) is 3.88. The number of hydrogen-bond donors (Lipinski definition) is 3. The lowest BCUT2D eigenvalue weighted by molar-refractivity contribution is -0.157. The average Bonchev–Trinajstić information content (AvgIpc) is 2.26. The van der Waals surface area contributed by atoms with Crippen LogP contribution in [0, 0.1) is 0 Å². The number of aromatic carboxylic acids is 1. The highest BCUT2D eigenvalue weighted by Gasteiger charge is 2.30. The molecule has 1 rings (SSSR count). The molecule has 0 aromatic carbocycles. The molecule has 0 aliphatic heterocycles. The SMILES string of the molecule is CC(O)(CCc1ncccc1C(=O)O)C(=O)O. The van der Waals surface area contributed by atoms with Crippen LogP contribution in [0.25, 0.3) is 0 Å². The number of carboxylic acid groups (broad SMARTS) is 2. The first kappa shape index (κ1) is 13.1. The van der Waals surface area contributed by atoms with E-state index in [-0.39, 0.29) is 24.1 Å². The monoisotopic (exact) mass is 239 g/mol. The molecule has 0 aliphatic rings. The lowest BCUT2D eigenvalue weighted by Gasteiger charge is -2.17. The normalized spacial score (nSPS) is 14.0. The van der Waals surface area contributed by atoms with Gasteiger partial charge in [-0.1, -0.05) is 0 Å². The Morgan fingerprint density at radius 3 is 2.59 bits per heavy atom.